The summed E-state index contributed by atoms with van der Waals surface area (Å²) in [7, 11) is 2.06. The number of hydrogen-bond donors (Lipinski definition) is 1. The largest absolute Gasteiger partial charge is 0.369 e. The number of hydrogen-bond acceptors (Lipinski definition) is 5. The molecule has 2 aliphatic heterocycles. The summed E-state index contributed by atoms with van der Waals surface area (Å²) in [6.07, 6.45) is 2.63. The number of carbonyl (C=O) groups excluding carboxylic acids is 3. The SMILES string of the molecule is CC1CC(C)(C)N(C)c2cc(Cl)c(/C=C3\SC(=O)N(CC(=O)Nc4ccc(Br)cc4)C3=O)cc21. The van der Waals surface area contributed by atoms with E-state index in [0.717, 1.165) is 38.8 Å². The standard InChI is InChI=1S/C25H25BrClN3O3S/c1-14-12-25(2,3)29(4)20-11-19(27)15(9-18(14)20)10-21-23(32)30(24(33)34-21)13-22(31)28-17-7-5-16(26)6-8-17/h5-11,14H,12-13H2,1-4H3,(H,28,31)/b21-10-. The van der Waals surface area contributed by atoms with Crippen molar-refractivity contribution in [3.05, 3.63) is 61.9 Å². The molecule has 2 aromatic carbocycles. The van der Waals surface area contributed by atoms with Crippen molar-refractivity contribution >= 4 is 73.8 Å². The van der Waals surface area contributed by atoms with Crippen molar-refractivity contribution in [2.75, 3.05) is 23.8 Å². The van der Waals surface area contributed by atoms with Crippen LogP contribution in [-0.4, -0.2) is 41.1 Å². The molecule has 2 heterocycles. The Morgan fingerprint density at radius 2 is 1.94 bits per heavy atom. The highest BCUT2D eigenvalue weighted by molar-refractivity contribution is 9.10. The maximum atomic E-state index is 12.9. The summed E-state index contributed by atoms with van der Waals surface area (Å²) in [5.41, 5.74) is 3.51. The molecule has 2 aromatic rings. The maximum Gasteiger partial charge on any atom is 0.294 e. The van der Waals surface area contributed by atoms with Gasteiger partial charge >= 0.3 is 0 Å². The first kappa shape index (κ1) is 24.8. The molecule has 0 bridgehead atoms. The quantitative estimate of drug-likeness (QED) is 0.431. The fourth-order valence-corrected chi connectivity index (χ4v) is 5.68. The smallest absolute Gasteiger partial charge is 0.294 e. The minimum atomic E-state index is -0.499. The average Bonchev–Trinajstić information content (AvgIpc) is 3.02. The zero-order valence-corrected chi connectivity index (χ0v) is 22.5. The van der Waals surface area contributed by atoms with Gasteiger partial charge in [-0.25, -0.2) is 0 Å². The molecule has 178 valence electrons. The lowest BCUT2D eigenvalue weighted by atomic mass is 9.80. The summed E-state index contributed by atoms with van der Waals surface area (Å²) >= 11 is 10.7. The van der Waals surface area contributed by atoms with Gasteiger partial charge in [-0.05, 0) is 91.5 Å². The van der Waals surface area contributed by atoms with Crippen LogP contribution in [0.2, 0.25) is 5.02 Å². The number of fused-ring (bicyclic) bond motifs is 1. The number of halogens is 2. The molecule has 9 heteroatoms. The third-order valence-corrected chi connectivity index (χ3v) is 8.11. The Labute approximate surface area is 216 Å². The van der Waals surface area contributed by atoms with E-state index in [-0.39, 0.29) is 17.0 Å². The Morgan fingerprint density at radius 3 is 2.62 bits per heavy atom. The van der Waals surface area contributed by atoms with Gasteiger partial charge in [-0.2, -0.15) is 0 Å². The van der Waals surface area contributed by atoms with Crippen LogP contribution in [-0.2, 0) is 9.59 Å². The number of imide groups is 1. The van der Waals surface area contributed by atoms with Crippen molar-refractivity contribution in [3.63, 3.8) is 0 Å². The van der Waals surface area contributed by atoms with Crippen molar-refractivity contribution < 1.29 is 14.4 Å². The summed E-state index contributed by atoms with van der Waals surface area (Å²) in [5, 5.41) is 2.73. The predicted octanol–water partition coefficient (Wildman–Crippen LogP) is 6.50. The van der Waals surface area contributed by atoms with Crippen LogP contribution in [0.4, 0.5) is 16.2 Å². The normalized spacial score (nSPS) is 20.6. The zero-order valence-electron chi connectivity index (χ0n) is 19.3. The second kappa shape index (κ2) is 9.40. The highest BCUT2D eigenvalue weighted by Crippen LogP contribution is 2.45. The van der Waals surface area contributed by atoms with Crippen LogP contribution in [0.1, 0.15) is 44.2 Å². The van der Waals surface area contributed by atoms with Gasteiger partial charge in [0, 0.05) is 33.5 Å². The van der Waals surface area contributed by atoms with Gasteiger partial charge in [0.1, 0.15) is 6.54 Å². The fraction of sp³-hybridized carbons (Fsp3) is 0.320. The van der Waals surface area contributed by atoms with Crippen LogP contribution in [0.15, 0.2) is 45.8 Å². The first-order valence-corrected chi connectivity index (χ1v) is 12.8. The molecule has 1 unspecified atom stereocenters. The van der Waals surface area contributed by atoms with Gasteiger partial charge in [-0.1, -0.05) is 34.5 Å². The lowest BCUT2D eigenvalue weighted by Gasteiger charge is -2.45. The van der Waals surface area contributed by atoms with Crippen molar-refractivity contribution in [1.82, 2.24) is 4.90 Å². The van der Waals surface area contributed by atoms with E-state index in [4.69, 9.17) is 11.6 Å². The van der Waals surface area contributed by atoms with E-state index in [0.29, 0.717) is 22.2 Å². The Balaban J connectivity index is 1.54. The maximum absolute atomic E-state index is 12.9. The monoisotopic (exact) mass is 561 g/mol. The van der Waals surface area contributed by atoms with Gasteiger partial charge in [0.05, 0.1) is 4.91 Å². The van der Waals surface area contributed by atoms with Crippen LogP contribution in [0, 0.1) is 0 Å². The second-order valence-corrected chi connectivity index (χ2v) is 11.5. The van der Waals surface area contributed by atoms with E-state index < -0.39 is 17.1 Å². The molecule has 0 aliphatic carbocycles. The number of amides is 3. The highest BCUT2D eigenvalue weighted by Gasteiger charge is 2.37. The van der Waals surface area contributed by atoms with Gasteiger partial charge in [0.15, 0.2) is 0 Å². The lowest BCUT2D eigenvalue weighted by Crippen LogP contribution is -2.45. The molecule has 1 saturated heterocycles. The fourth-order valence-electron chi connectivity index (χ4n) is 4.37. The van der Waals surface area contributed by atoms with Gasteiger partial charge < -0.3 is 10.2 Å². The zero-order chi connectivity index (χ0) is 24.8. The van der Waals surface area contributed by atoms with Crippen molar-refractivity contribution in [2.45, 2.75) is 38.6 Å². The van der Waals surface area contributed by atoms with Crippen LogP contribution in [0.5, 0.6) is 0 Å². The number of carbonyl (C=O) groups is 3. The summed E-state index contributed by atoms with van der Waals surface area (Å²) in [6, 6.07) is 11.0. The average molecular weight is 563 g/mol. The lowest BCUT2D eigenvalue weighted by molar-refractivity contribution is -0.127. The second-order valence-electron chi connectivity index (χ2n) is 9.23. The Morgan fingerprint density at radius 1 is 1.26 bits per heavy atom. The van der Waals surface area contributed by atoms with E-state index in [1.54, 1.807) is 30.3 Å². The summed E-state index contributed by atoms with van der Waals surface area (Å²) in [4.78, 5) is 41.3. The van der Waals surface area contributed by atoms with Crippen molar-refractivity contribution in [3.8, 4) is 0 Å². The molecule has 1 fully saturated rings. The Bertz CT molecular complexity index is 1210. The topological polar surface area (TPSA) is 69.7 Å². The number of nitrogens with one attached hydrogen (secondary N) is 1. The Kier molecular flexibility index (Phi) is 6.86. The van der Waals surface area contributed by atoms with E-state index >= 15 is 0 Å². The molecule has 6 nitrogen and oxygen atoms in total. The minimum Gasteiger partial charge on any atom is -0.369 e. The van der Waals surface area contributed by atoms with Gasteiger partial charge in [0.25, 0.3) is 11.1 Å². The third-order valence-electron chi connectivity index (χ3n) is 6.34. The third kappa shape index (κ3) is 4.90. The minimum absolute atomic E-state index is 0.0107. The number of anilines is 2. The molecule has 4 rings (SSSR count). The van der Waals surface area contributed by atoms with E-state index in [1.165, 1.54) is 0 Å². The van der Waals surface area contributed by atoms with E-state index in [2.05, 4.69) is 54.0 Å². The van der Waals surface area contributed by atoms with Crippen LogP contribution in [0.3, 0.4) is 0 Å². The molecular weight excluding hydrogens is 538 g/mol. The van der Waals surface area contributed by atoms with Gasteiger partial charge in [-0.3, -0.25) is 19.3 Å². The molecule has 0 aromatic heterocycles. The number of nitrogens with zero attached hydrogens (tertiary/aromatic N) is 2. The van der Waals surface area contributed by atoms with Gasteiger partial charge in [-0.15, -0.1) is 0 Å². The molecule has 1 N–H and O–H groups in total. The molecule has 0 spiro atoms. The summed E-state index contributed by atoms with van der Waals surface area (Å²) in [5.74, 6) is -0.624. The summed E-state index contributed by atoms with van der Waals surface area (Å²) < 4.78 is 0.882. The number of thioether (sulfide) groups is 1. The first-order valence-electron chi connectivity index (χ1n) is 10.8. The molecule has 3 amide bonds. The van der Waals surface area contributed by atoms with E-state index in [9.17, 15) is 14.4 Å². The molecule has 0 radical (unpaired) electrons. The number of rotatable bonds is 4. The van der Waals surface area contributed by atoms with Crippen molar-refractivity contribution in [2.24, 2.45) is 0 Å². The molecule has 2 aliphatic rings. The van der Waals surface area contributed by atoms with Gasteiger partial charge in [0.2, 0.25) is 5.91 Å². The first-order chi connectivity index (χ1) is 16.0. The van der Waals surface area contributed by atoms with Crippen LogP contribution >= 0.6 is 39.3 Å². The van der Waals surface area contributed by atoms with Crippen LogP contribution < -0.4 is 10.2 Å². The molecular formula is C25H25BrClN3O3S. The molecule has 1 atom stereocenters. The number of benzene rings is 2. The Hall–Kier alpha value is -2.29. The predicted molar refractivity (Wildman–Crippen MR) is 142 cm³/mol. The summed E-state index contributed by atoms with van der Waals surface area (Å²) in [6.45, 7) is 6.24. The molecule has 0 saturated carbocycles. The van der Waals surface area contributed by atoms with Crippen LogP contribution in [0.25, 0.3) is 6.08 Å². The molecule has 34 heavy (non-hydrogen) atoms. The van der Waals surface area contributed by atoms with Crippen molar-refractivity contribution in [1.29, 1.82) is 0 Å². The highest BCUT2D eigenvalue weighted by atomic mass is 79.9. The van der Waals surface area contributed by atoms with E-state index in [1.807, 2.05) is 12.1 Å².